The number of hydrogen-bond donors (Lipinski definition) is 1. The van der Waals surface area contributed by atoms with Crippen LogP contribution in [-0.4, -0.2) is 62.9 Å². The molecule has 0 aromatic heterocycles. The Balaban J connectivity index is 1.58. The summed E-state index contributed by atoms with van der Waals surface area (Å²) in [6.07, 6.45) is 0. The Morgan fingerprint density at radius 1 is 1.07 bits per heavy atom. The number of piperazine rings is 1. The molecule has 2 amide bonds. The number of amides is 2. The molecular formula is C21H27ClN4O3S. The molecule has 1 N–H and O–H groups in total. The van der Waals surface area contributed by atoms with Gasteiger partial charge in [-0.05, 0) is 56.3 Å². The maximum Gasteiger partial charge on any atom is 0.321 e. The van der Waals surface area contributed by atoms with Crippen LogP contribution in [0, 0.1) is 0 Å². The zero-order chi connectivity index (χ0) is 21.9. The molecule has 1 aliphatic rings. The van der Waals surface area contributed by atoms with Crippen LogP contribution < -0.4 is 10.2 Å². The lowest BCUT2D eigenvalue weighted by Crippen LogP contribution is -2.50. The highest BCUT2D eigenvalue weighted by atomic mass is 35.5. The molecule has 0 atom stereocenters. The topological polar surface area (TPSA) is 73.0 Å². The Morgan fingerprint density at radius 2 is 1.70 bits per heavy atom. The Labute approximate surface area is 183 Å². The van der Waals surface area contributed by atoms with E-state index in [4.69, 9.17) is 11.6 Å². The van der Waals surface area contributed by atoms with Gasteiger partial charge in [-0.1, -0.05) is 17.7 Å². The first-order valence-electron chi connectivity index (χ1n) is 9.83. The summed E-state index contributed by atoms with van der Waals surface area (Å²) in [5.41, 5.74) is 1.61. The monoisotopic (exact) mass is 450 g/mol. The number of anilines is 2. The lowest BCUT2D eigenvalue weighted by Gasteiger charge is -2.36. The number of carbonyl (C=O) groups is 1. The number of halogens is 1. The minimum atomic E-state index is -3.54. The minimum Gasteiger partial charge on any atom is -0.368 e. The fourth-order valence-corrected chi connectivity index (χ4v) is 4.75. The summed E-state index contributed by atoms with van der Waals surface area (Å²) in [5.74, 6) is 0. The number of benzene rings is 2. The molecule has 7 nitrogen and oxygen atoms in total. The number of hydrogen-bond acceptors (Lipinski definition) is 4. The third-order valence-electron chi connectivity index (χ3n) is 5.25. The van der Waals surface area contributed by atoms with Gasteiger partial charge in [0.1, 0.15) is 0 Å². The molecular weight excluding hydrogens is 424 g/mol. The van der Waals surface area contributed by atoms with Crippen LogP contribution in [0.25, 0.3) is 0 Å². The second-order valence-corrected chi connectivity index (χ2v) is 9.96. The quantitative estimate of drug-likeness (QED) is 0.753. The van der Waals surface area contributed by atoms with E-state index in [1.807, 2.05) is 38.1 Å². The summed E-state index contributed by atoms with van der Waals surface area (Å²) in [7, 11) is -1.99. The van der Waals surface area contributed by atoms with Gasteiger partial charge in [-0.25, -0.2) is 13.2 Å². The van der Waals surface area contributed by atoms with E-state index in [1.54, 1.807) is 24.1 Å². The van der Waals surface area contributed by atoms with E-state index in [2.05, 4.69) is 10.2 Å². The van der Waals surface area contributed by atoms with Gasteiger partial charge in [0.2, 0.25) is 10.0 Å². The van der Waals surface area contributed by atoms with Gasteiger partial charge in [0.15, 0.2) is 0 Å². The molecule has 0 bridgehead atoms. The molecule has 0 aliphatic carbocycles. The van der Waals surface area contributed by atoms with Crippen LogP contribution in [0.15, 0.2) is 53.4 Å². The van der Waals surface area contributed by atoms with Crippen molar-refractivity contribution in [1.82, 2.24) is 9.21 Å². The molecule has 0 spiro atoms. The molecule has 0 unspecified atom stereocenters. The summed E-state index contributed by atoms with van der Waals surface area (Å²) in [6, 6.07) is 13.6. The van der Waals surface area contributed by atoms with Crippen molar-refractivity contribution in [2.45, 2.75) is 24.8 Å². The van der Waals surface area contributed by atoms with E-state index in [9.17, 15) is 13.2 Å². The molecule has 0 radical (unpaired) electrons. The van der Waals surface area contributed by atoms with Crippen molar-refractivity contribution in [2.24, 2.45) is 0 Å². The Kier molecular flexibility index (Phi) is 6.90. The average molecular weight is 451 g/mol. The molecule has 1 aliphatic heterocycles. The van der Waals surface area contributed by atoms with E-state index in [1.165, 1.54) is 16.4 Å². The molecule has 1 heterocycles. The fraction of sp³-hybridized carbons (Fsp3) is 0.381. The van der Waals surface area contributed by atoms with E-state index in [0.29, 0.717) is 36.9 Å². The van der Waals surface area contributed by atoms with Gasteiger partial charge >= 0.3 is 6.03 Å². The van der Waals surface area contributed by atoms with Gasteiger partial charge in [-0.3, -0.25) is 0 Å². The summed E-state index contributed by atoms with van der Waals surface area (Å²) >= 11 is 6.06. The van der Waals surface area contributed by atoms with E-state index >= 15 is 0 Å². The van der Waals surface area contributed by atoms with Crippen molar-refractivity contribution in [1.29, 1.82) is 0 Å². The number of sulfonamides is 1. The highest BCUT2D eigenvalue weighted by molar-refractivity contribution is 7.89. The Morgan fingerprint density at radius 3 is 2.27 bits per heavy atom. The molecule has 9 heteroatoms. The third kappa shape index (κ3) is 5.06. The van der Waals surface area contributed by atoms with Crippen LogP contribution in [0.1, 0.15) is 13.8 Å². The van der Waals surface area contributed by atoms with E-state index in [0.717, 1.165) is 5.69 Å². The lowest BCUT2D eigenvalue weighted by atomic mass is 10.2. The second kappa shape index (κ2) is 9.24. The number of nitrogens with one attached hydrogen (secondary N) is 1. The van der Waals surface area contributed by atoms with Crippen LogP contribution >= 0.6 is 11.6 Å². The van der Waals surface area contributed by atoms with Crippen molar-refractivity contribution in [3.8, 4) is 0 Å². The van der Waals surface area contributed by atoms with Crippen molar-refractivity contribution in [2.75, 3.05) is 43.4 Å². The predicted octanol–water partition coefficient (Wildman–Crippen LogP) is 3.72. The van der Waals surface area contributed by atoms with E-state index in [-0.39, 0.29) is 17.0 Å². The maximum absolute atomic E-state index is 12.6. The second-order valence-electron chi connectivity index (χ2n) is 7.52. The average Bonchev–Trinajstić information content (AvgIpc) is 2.73. The standard InChI is InChI=1S/C21H27ClN4O3S/c1-16(2)24(3)30(28,29)20-9-7-18(8-10-20)23-21(27)26-13-11-25(12-14-26)19-6-4-5-17(22)15-19/h4-10,15-16H,11-14H2,1-3H3,(H,23,27). The summed E-state index contributed by atoms with van der Waals surface area (Å²) in [4.78, 5) is 16.7. The van der Waals surface area contributed by atoms with Crippen molar-refractivity contribution < 1.29 is 13.2 Å². The van der Waals surface area contributed by atoms with Gasteiger partial charge in [-0.15, -0.1) is 0 Å². The van der Waals surface area contributed by atoms with Crippen molar-refractivity contribution in [3.05, 3.63) is 53.6 Å². The number of nitrogens with zero attached hydrogens (tertiary/aromatic N) is 3. The summed E-state index contributed by atoms with van der Waals surface area (Å²) < 4.78 is 26.4. The number of carbonyl (C=O) groups excluding carboxylic acids is 1. The largest absolute Gasteiger partial charge is 0.368 e. The van der Waals surface area contributed by atoms with Crippen LogP contribution in [0.3, 0.4) is 0 Å². The first-order chi connectivity index (χ1) is 14.2. The van der Waals surface area contributed by atoms with Crippen LogP contribution in [-0.2, 0) is 10.0 Å². The minimum absolute atomic E-state index is 0.139. The van der Waals surface area contributed by atoms with Gasteiger partial charge < -0.3 is 15.1 Å². The van der Waals surface area contributed by atoms with Gasteiger partial charge in [-0.2, -0.15) is 4.31 Å². The molecule has 30 heavy (non-hydrogen) atoms. The summed E-state index contributed by atoms with van der Waals surface area (Å²) in [6.45, 7) is 6.24. The molecule has 0 saturated carbocycles. The lowest BCUT2D eigenvalue weighted by molar-refractivity contribution is 0.208. The highest BCUT2D eigenvalue weighted by Gasteiger charge is 2.24. The molecule has 2 aromatic carbocycles. The zero-order valence-corrected chi connectivity index (χ0v) is 18.9. The molecule has 1 fully saturated rings. The summed E-state index contributed by atoms with van der Waals surface area (Å²) in [5, 5.41) is 3.54. The Bertz CT molecular complexity index is 988. The van der Waals surface area contributed by atoms with Crippen molar-refractivity contribution >= 4 is 39.0 Å². The molecule has 1 saturated heterocycles. The van der Waals surface area contributed by atoms with Crippen molar-refractivity contribution in [3.63, 3.8) is 0 Å². The third-order valence-corrected chi connectivity index (χ3v) is 7.53. The number of urea groups is 1. The Hall–Kier alpha value is -2.29. The maximum atomic E-state index is 12.6. The van der Waals surface area contributed by atoms with Gasteiger partial charge in [0, 0.05) is 55.7 Å². The molecule has 2 aromatic rings. The predicted molar refractivity (Wildman–Crippen MR) is 121 cm³/mol. The first-order valence-corrected chi connectivity index (χ1v) is 11.6. The smallest absolute Gasteiger partial charge is 0.321 e. The normalized spacial score (nSPS) is 15.0. The molecule has 162 valence electrons. The zero-order valence-electron chi connectivity index (χ0n) is 17.4. The van der Waals surface area contributed by atoms with Gasteiger partial charge in [0.25, 0.3) is 0 Å². The highest BCUT2D eigenvalue weighted by Crippen LogP contribution is 2.22. The van der Waals surface area contributed by atoms with Crippen LogP contribution in [0.5, 0.6) is 0 Å². The fourth-order valence-electron chi connectivity index (χ4n) is 3.20. The SMILES string of the molecule is CC(C)N(C)S(=O)(=O)c1ccc(NC(=O)N2CCN(c3cccc(Cl)c3)CC2)cc1. The van der Waals surface area contributed by atoms with Crippen LogP contribution in [0.4, 0.5) is 16.2 Å². The van der Waals surface area contributed by atoms with Gasteiger partial charge in [0.05, 0.1) is 4.90 Å². The first kappa shape index (κ1) is 22.4. The number of rotatable bonds is 5. The van der Waals surface area contributed by atoms with E-state index < -0.39 is 10.0 Å². The van der Waals surface area contributed by atoms with Crippen LogP contribution in [0.2, 0.25) is 5.02 Å². The molecule has 3 rings (SSSR count).